The lowest BCUT2D eigenvalue weighted by atomic mass is 9.98. The van der Waals surface area contributed by atoms with Crippen molar-refractivity contribution < 1.29 is 4.74 Å². The Morgan fingerprint density at radius 1 is 1.16 bits per heavy atom. The van der Waals surface area contributed by atoms with E-state index in [1.54, 1.807) is 0 Å². The fraction of sp³-hybridized carbons (Fsp3) is 0.647. The van der Waals surface area contributed by atoms with Gasteiger partial charge < -0.3 is 4.74 Å². The number of hydrogen-bond donors (Lipinski definition) is 0. The van der Waals surface area contributed by atoms with Crippen LogP contribution in [0, 0.1) is 5.92 Å². The molecule has 0 spiro atoms. The Morgan fingerprint density at radius 3 is 2.47 bits per heavy atom. The minimum absolute atomic E-state index is 0.650. The van der Waals surface area contributed by atoms with E-state index in [-0.39, 0.29) is 0 Å². The second kappa shape index (κ2) is 12.3. The number of allylic oxidation sites excluding steroid dienone is 4. The number of hydrogen-bond acceptors (Lipinski definition) is 1. The molecule has 0 amide bonds. The van der Waals surface area contributed by atoms with E-state index < -0.39 is 0 Å². The number of ether oxygens (including phenoxy) is 1. The molecule has 0 aliphatic heterocycles. The Labute approximate surface area is 124 Å². The molecular formula is C17H29ClO. The van der Waals surface area contributed by atoms with Crippen molar-refractivity contribution in [2.45, 2.75) is 59.3 Å². The van der Waals surface area contributed by atoms with Gasteiger partial charge in [-0.25, -0.2) is 0 Å². The molecule has 1 nitrogen and oxygen atoms in total. The van der Waals surface area contributed by atoms with Crippen LogP contribution in [0.15, 0.2) is 35.6 Å². The van der Waals surface area contributed by atoms with Gasteiger partial charge in [0.1, 0.15) is 5.76 Å². The van der Waals surface area contributed by atoms with Gasteiger partial charge in [-0.3, -0.25) is 0 Å². The second-order valence-electron chi connectivity index (χ2n) is 4.90. The lowest BCUT2D eigenvalue weighted by Crippen LogP contribution is -2.09. The first-order valence-electron chi connectivity index (χ1n) is 7.49. The summed E-state index contributed by atoms with van der Waals surface area (Å²) in [6.07, 6.45) is 12.8. The Hall–Kier alpha value is -0.690. The lowest BCUT2D eigenvalue weighted by molar-refractivity contribution is 0.162. The Balaban J connectivity index is 4.06. The van der Waals surface area contributed by atoms with Crippen LogP contribution in [0.2, 0.25) is 0 Å². The van der Waals surface area contributed by atoms with Gasteiger partial charge in [0.05, 0.1) is 6.61 Å². The van der Waals surface area contributed by atoms with E-state index in [0.717, 1.165) is 18.1 Å². The quantitative estimate of drug-likeness (QED) is 0.324. The van der Waals surface area contributed by atoms with Crippen LogP contribution in [0.3, 0.4) is 0 Å². The minimum Gasteiger partial charge on any atom is -0.494 e. The fourth-order valence-electron chi connectivity index (χ4n) is 1.92. The molecule has 19 heavy (non-hydrogen) atoms. The number of unbranched alkanes of at least 4 members (excludes halogenated alkanes) is 1. The maximum absolute atomic E-state index is 5.98. The molecule has 0 aromatic carbocycles. The summed E-state index contributed by atoms with van der Waals surface area (Å²) in [6, 6.07) is 0. The topological polar surface area (TPSA) is 9.23 Å². The largest absolute Gasteiger partial charge is 0.494 e. The molecule has 0 fully saturated rings. The molecular weight excluding hydrogens is 256 g/mol. The Bertz CT molecular complexity index is 292. The predicted molar refractivity (Wildman–Crippen MR) is 86.4 cm³/mol. The first-order valence-corrected chi connectivity index (χ1v) is 7.87. The highest BCUT2D eigenvalue weighted by Crippen LogP contribution is 2.17. The van der Waals surface area contributed by atoms with Crippen LogP contribution in [0.1, 0.15) is 59.3 Å². The summed E-state index contributed by atoms with van der Waals surface area (Å²) in [5, 5.41) is 0.739. The van der Waals surface area contributed by atoms with Gasteiger partial charge in [0, 0.05) is 5.03 Å². The number of halogens is 1. The van der Waals surface area contributed by atoms with Crippen molar-refractivity contribution >= 4 is 11.6 Å². The molecule has 0 N–H and O–H groups in total. The summed E-state index contributed by atoms with van der Waals surface area (Å²) in [5.74, 6) is 1.34. The first-order chi connectivity index (χ1) is 9.13. The van der Waals surface area contributed by atoms with Gasteiger partial charge in [0.15, 0.2) is 0 Å². The summed E-state index contributed by atoms with van der Waals surface area (Å²) >= 11 is 5.98. The van der Waals surface area contributed by atoms with Crippen LogP contribution in [0.25, 0.3) is 0 Å². The highest BCUT2D eigenvalue weighted by Gasteiger charge is 2.08. The third-order valence-electron chi connectivity index (χ3n) is 2.99. The molecule has 0 bridgehead atoms. The zero-order valence-electron chi connectivity index (χ0n) is 12.8. The van der Waals surface area contributed by atoms with Gasteiger partial charge >= 0.3 is 0 Å². The van der Waals surface area contributed by atoms with Gasteiger partial charge in [0.25, 0.3) is 0 Å². The third-order valence-corrected chi connectivity index (χ3v) is 3.28. The van der Waals surface area contributed by atoms with E-state index in [4.69, 9.17) is 16.3 Å². The van der Waals surface area contributed by atoms with Gasteiger partial charge in [-0.1, -0.05) is 64.3 Å². The Kier molecular flexibility index (Phi) is 11.9. The van der Waals surface area contributed by atoms with Crippen molar-refractivity contribution in [2.24, 2.45) is 5.92 Å². The zero-order chi connectivity index (χ0) is 14.5. The normalized spacial score (nSPS) is 13.8. The summed E-state index contributed by atoms with van der Waals surface area (Å²) in [7, 11) is 0. The Morgan fingerprint density at radius 2 is 1.89 bits per heavy atom. The average molecular weight is 285 g/mol. The molecule has 0 saturated carbocycles. The highest BCUT2D eigenvalue weighted by molar-refractivity contribution is 6.31. The van der Waals surface area contributed by atoms with Crippen LogP contribution in [0.5, 0.6) is 0 Å². The van der Waals surface area contributed by atoms with Crippen LogP contribution in [-0.2, 0) is 4.74 Å². The van der Waals surface area contributed by atoms with Crippen molar-refractivity contribution in [3.05, 3.63) is 35.6 Å². The first kappa shape index (κ1) is 18.3. The summed E-state index contributed by atoms with van der Waals surface area (Å²) in [6.45, 7) is 11.2. The molecule has 0 rings (SSSR count). The molecule has 0 aliphatic rings. The molecule has 2 heteroatoms. The van der Waals surface area contributed by atoms with Crippen molar-refractivity contribution in [1.29, 1.82) is 0 Å². The molecule has 0 aliphatic carbocycles. The van der Waals surface area contributed by atoms with Crippen molar-refractivity contribution in [3.8, 4) is 0 Å². The van der Waals surface area contributed by atoms with Crippen molar-refractivity contribution in [3.63, 3.8) is 0 Å². The van der Waals surface area contributed by atoms with Crippen LogP contribution in [0.4, 0.5) is 0 Å². The van der Waals surface area contributed by atoms with E-state index >= 15 is 0 Å². The maximum atomic E-state index is 5.98. The van der Waals surface area contributed by atoms with Gasteiger partial charge in [-0.05, 0) is 37.3 Å². The van der Waals surface area contributed by atoms with Crippen molar-refractivity contribution in [1.82, 2.24) is 0 Å². The van der Waals surface area contributed by atoms with E-state index in [9.17, 15) is 0 Å². The molecule has 0 saturated heterocycles. The maximum Gasteiger partial charge on any atom is 0.112 e. The molecule has 0 heterocycles. The standard InChI is InChI=1S/C17H29ClO/c1-5-8-11-16(9-6-2)14-19-15(4)12-13-17(18)10-7-3/h10,12-13,16H,4-9,11,14H2,1-3H3/b13-12-,17-10+. The molecule has 0 radical (unpaired) electrons. The van der Waals surface area contributed by atoms with Crippen LogP contribution >= 0.6 is 11.6 Å². The smallest absolute Gasteiger partial charge is 0.112 e. The van der Waals surface area contributed by atoms with Crippen LogP contribution < -0.4 is 0 Å². The molecule has 1 atom stereocenters. The predicted octanol–water partition coefficient (Wildman–Crippen LogP) is 6.21. The summed E-state index contributed by atoms with van der Waals surface area (Å²) < 4.78 is 5.72. The summed E-state index contributed by atoms with van der Waals surface area (Å²) in [4.78, 5) is 0. The van der Waals surface area contributed by atoms with E-state index in [1.165, 1.54) is 32.1 Å². The highest BCUT2D eigenvalue weighted by atomic mass is 35.5. The minimum atomic E-state index is 0.650. The van der Waals surface area contributed by atoms with Crippen LogP contribution in [-0.4, -0.2) is 6.61 Å². The SMILES string of the molecule is C=C(/C=C\C(Cl)=C/CC)OCC(CCC)CCCC. The molecule has 0 aromatic heterocycles. The number of rotatable bonds is 11. The van der Waals surface area contributed by atoms with Gasteiger partial charge in [-0.2, -0.15) is 0 Å². The van der Waals surface area contributed by atoms with Gasteiger partial charge in [-0.15, -0.1) is 0 Å². The summed E-state index contributed by atoms with van der Waals surface area (Å²) in [5.41, 5.74) is 0. The fourth-order valence-corrected chi connectivity index (χ4v) is 2.14. The van der Waals surface area contributed by atoms with E-state index in [1.807, 2.05) is 18.2 Å². The van der Waals surface area contributed by atoms with E-state index in [0.29, 0.717) is 11.7 Å². The van der Waals surface area contributed by atoms with Crippen molar-refractivity contribution in [2.75, 3.05) is 6.61 Å². The zero-order valence-corrected chi connectivity index (χ0v) is 13.5. The molecule has 0 aromatic rings. The molecule has 1 unspecified atom stereocenters. The third kappa shape index (κ3) is 10.9. The second-order valence-corrected chi connectivity index (χ2v) is 5.34. The average Bonchev–Trinajstić information content (AvgIpc) is 2.40. The van der Waals surface area contributed by atoms with Gasteiger partial charge in [0.2, 0.25) is 0 Å². The monoisotopic (exact) mass is 284 g/mol. The van der Waals surface area contributed by atoms with E-state index in [2.05, 4.69) is 27.4 Å². The lowest BCUT2D eigenvalue weighted by Gasteiger charge is -2.16. The molecule has 110 valence electrons.